The molecule has 0 bridgehead atoms. The van der Waals surface area contributed by atoms with Crippen molar-refractivity contribution >= 4 is 0 Å². The van der Waals surface area contributed by atoms with Crippen LogP contribution in [0.1, 0.15) is 48.0 Å². The molecule has 0 N–H and O–H groups in total. The van der Waals surface area contributed by atoms with Crippen molar-refractivity contribution in [2.24, 2.45) is 5.41 Å². The van der Waals surface area contributed by atoms with Gasteiger partial charge < -0.3 is 9.47 Å². The number of ether oxygens (including phenoxy) is 2. The summed E-state index contributed by atoms with van der Waals surface area (Å²) in [6, 6.07) is 0. The minimum absolute atomic E-state index is 0.215. The van der Waals surface area contributed by atoms with E-state index < -0.39 is 0 Å². The molecule has 0 unspecified atom stereocenters. The Morgan fingerprint density at radius 2 is 1.46 bits per heavy atom. The Kier molecular flexibility index (Phi) is 2.75. The van der Waals surface area contributed by atoms with Crippen molar-refractivity contribution in [3.8, 4) is 0 Å². The lowest BCUT2D eigenvalue weighted by Crippen LogP contribution is -2.32. The number of rotatable bonds is 1. The van der Waals surface area contributed by atoms with Gasteiger partial charge in [0.1, 0.15) is 0 Å². The summed E-state index contributed by atoms with van der Waals surface area (Å²) in [5.41, 5.74) is 0.249. The van der Waals surface area contributed by atoms with E-state index in [1.54, 1.807) is 0 Å². The van der Waals surface area contributed by atoms with Gasteiger partial charge in [0.15, 0.2) is 5.79 Å². The summed E-state index contributed by atoms with van der Waals surface area (Å²) in [7, 11) is 0. The zero-order chi connectivity index (χ0) is 10.3. The van der Waals surface area contributed by atoms with E-state index in [2.05, 4.69) is 34.6 Å². The average Bonchev–Trinajstić information content (AvgIpc) is 2.00. The van der Waals surface area contributed by atoms with Gasteiger partial charge in [0.2, 0.25) is 0 Å². The smallest absolute Gasteiger partial charge is 0.166 e. The summed E-state index contributed by atoms with van der Waals surface area (Å²) in [4.78, 5) is 0. The van der Waals surface area contributed by atoms with Gasteiger partial charge >= 0.3 is 0 Å². The van der Waals surface area contributed by atoms with Gasteiger partial charge in [-0.25, -0.2) is 0 Å². The molecule has 0 saturated carbocycles. The van der Waals surface area contributed by atoms with E-state index in [0.29, 0.717) is 0 Å². The summed E-state index contributed by atoms with van der Waals surface area (Å²) in [6.07, 6.45) is 1.37. The molecule has 1 aliphatic heterocycles. The van der Waals surface area contributed by atoms with Crippen molar-refractivity contribution in [3.63, 3.8) is 0 Å². The standard InChI is InChI=1S/C11H22O2/c1-8-9(2)13-11(6,12-8)7-10(3,4)5/h8-9H,7H2,1-6H3/t8-,9-/m1/s1. The Hall–Kier alpha value is -0.0800. The molecule has 78 valence electrons. The molecule has 2 atom stereocenters. The highest BCUT2D eigenvalue weighted by Crippen LogP contribution is 2.37. The summed E-state index contributed by atoms with van der Waals surface area (Å²) in [5, 5.41) is 0. The Balaban J connectivity index is 2.59. The molecule has 1 rings (SSSR count). The third kappa shape index (κ3) is 2.96. The SMILES string of the molecule is C[C@H]1OC(C)(CC(C)(C)C)O[C@@H]1C. The third-order valence-corrected chi connectivity index (χ3v) is 2.38. The van der Waals surface area contributed by atoms with Crippen LogP contribution in [-0.2, 0) is 9.47 Å². The van der Waals surface area contributed by atoms with Gasteiger partial charge in [-0.2, -0.15) is 0 Å². The maximum Gasteiger partial charge on any atom is 0.166 e. The minimum atomic E-state index is -0.378. The van der Waals surface area contributed by atoms with E-state index in [0.717, 1.165) is 6.42 Å². The van der Waals surface area contributed by atoms with Crippen LogP contribution in [0.3, 0.4) is 0 Å². The van der Waals surface area contributed by atoms with E-state index in [1.165, 1.54) is 0 Å². The molecular weight excluding hydrogens is 164 g/mol. The zero-order valence-electron chi connectivity index (χ0n) is 9.68. The lowest BCUT2D eigenvalue weighted by Gasteiger charge is -2.30. The predicted octanol–water partition coefficient (Wildman–Crippen LogP) is 2.96. The molecular formula is C11H22O2. The van der Waals surface area contributed by atoms with Crippen LogP contribution >= 0.6 is 0 Å². The molecule has 0 amide bonds. The van der Waals surface area contributed by atoms with Crippen molar-refractivity contribution in [3.05, 3.63) is 0 Å². The van der Waals surface area contributed by atoms with Crippen molar-refractivity contribution in [2.75, 3.05) is 0 Å². The summed E-state index contributed by atoms with van der Waals surface area (Å²) in [6.45, 7) is 12.8. The highest BCUT2D eigenvalue weighted by atomic mass is 16.7. The van der Waals surface area contributed by atoms with Gasteiger partial charge in [-0.1, -0.05) is 20.8 Å². The molecule has 1 aliphatic rings. The fourth-order valence-electron chi connectivity index (χ4n) is 2.05. The quantitative estimate of drug-likeness (QED) is 0.627. The molecule has 2 nitrogen and oxygen atoms in total. The van der Waals surface area contributed by atoms with Crippen LogP contribution in [-0.4, -0.2) is 18.0 Å². The van der Waals surface area contributed by atoms with Crippen LogP contribution in [0.2, 0.25) is 0 Å². The summed E-state index contributed by atoms with van der Waals surface area (Å²) >= 11 is 0. The van der Waals surface area contributed by atoms with Gasteiger partial charge in [-0.15, -0.1) is 0 Å². The third-order valence-electron chi connectivity index (χ3n) is 2.38. The van der Waals surface area contributed by atoms with Crippen LogP contribution in [0.25, 0.3) is 0 Å². The van der Waals surface area contributed by atoms with Crippen molar-refractivity contribution < 1.29 is 9.47 Å². The second-order valence-electron chi connectivity index (χ2n) is 5.52. The van der Waals surface area contributed by atoms with Crippen molar-refractivity contribution in [1.29, 1.82) is 0 Å². The van der Waals surface area contributed by atoms with Crippen LogP contribution in [0.5, 0.6) is 0 Å². The second kappa shape index (κ2) is 3.25. The summed E-state index contributed by atoms with van der Waals surface area (Å²) < 4.78 is 11.6. The molecule has 1 saturated heterocycles. The molecule has 0 aliphatic carbocycles. The highest BCUT2D eigenvalue weighted by Gasteiger charge is 2.42. The molecule has 13 heavy (non-hydrogen) atoms. The molecule has 0 radical (unpaired) electrons. The Morgan fingerprint density at radius 1 is 1.08 bits per heavy atom. The minimum Gasteiger partial charge on any atom is -0.345 e. The van der Waals surface area contributed by atoms with E-state index in [-0.39, 0.29) is 23.4 Å². The number of hydrogen-bond acceptors (Lipinski definition) is 2. The first-order valence-electron chi connectivity index (χ1n) is 5.07. The van der Waals surface area contributed by atoms with E-state index in [9.17, 15) is 0 Å². The normalized spacial score (nSPS) is 33.7. The van der Waals surface area contributed by atoms with Crippen LogP contribution in [0, 0.1) is 5.41 Å². The largest absolute Gasteiger partial charge is 0.345 e. The maximum atomic E-state index is 5.81. The Morgan fingerprint density at radius 3 is 1.77 bits per heavy atom. The van der Waals surface area contributed by atoms with Gasteiger partial charge in [-0.05, 0) is 26.2 Å². The first kappa shape index (κ1) is 11.0. The Labute approximate surface area is 81.6 Å². The summed E-state index contributed by atoms with van der Waals surface area (Å²) in [5.74, 6) is -0.378. The van der Waals surface area contributed by atoms with Gasteiger partial charge in [0.05, 0.1) is 12.2 Å². The lowest BCUT2D eigenvalue weighted by atomic mass is 9.88. The molecule has 1 fully saturated rings. The van der Waals surface area contributed by atoms with Crippen molar-refractivity contribution in [1.82, 2.24) is 0 Å². The van der Waals surface area contributed by atoms with Crippen molar-refractivity contribution in [2.45, 2.75) is 66.0 Å². The van der Waals surface area contributed by atoms with E-state index >= 15 is 0 Å². The molecule has 0 aromatic carbocycles. The maximum absolute atomic E-state index is 5.81. The lowest BCUT2D eigenvalue weighted by molar-refractivity contribution is -0.177. The van der Waals surface area contributed by atoms with Gasteiger partial charge in [-0.3, -0.25) is 0 Å². The second-order valence-corrected chi connectivity index (χ2v) is 5.52. The topological polar surface area (TPSA) is 18.5 Å². The molecule has 0 aromatic rings. The van der Waals surface area contributed by atoms with Crippen LogP contribution < -0.4 is 0 Å². The van der Waals surface area contributed by atoms with E-state index in [4.69, 9.17) is 9.47 Å². The highest BCUT2D eigenvalue weighted by molar-refractivity contribution is 4.82. The van der Waals surface area contributed by atoms with Crippen LogP contribution in [0.15, 0.2) is 0 Å². The van der Waals surface area contributed by atoms with Crippen LogP contribution in [0.4, 0.5) is 0 Å². The predicted molar refractivity (Wildman–Crippen MR) is 53.6 cm³/mol. The zero-order valence-corrected chi connectivity index (χ0v) is 9.68. The van der Waals surface area contributed by atoms with Gasteiger partial charge in [0, 0.05) is 6.42 Å². The Bertz CT molecular complexity index is 171. The molecule has 0 spiro atoms. The monoisotopic (exact) mass is 186 g/mol. The molecule has 1 heterocycles. The fourth-order valence-corrected chi connectivity index (χ4v) is 2.05. The number of hydrogen-bond donors (Lipinski definition) is 0. The first-order chi connectivity index (χ1) is 5.72. The van der Waals surface area contributed by atoms with Gasteiger partial charge in [0.25, 0.3) is 0 Å². The molecule has 0 aromatic heterocycles. The average molecular weight is 186 g/mol. The molecule has 2 heteroatoms. The van der Waals surface area contributed by atoms with E-state index in [1.807, 2.05) is 6.92 Å². The fraction of sp³-hybridized carbons (Fsp3) is 1.00. The first-order valence-corrected chi connectivity index (χ1v) is 5.07.